The summed E-state index contributed by atoms with van der Waals surface area (Å²) in [5, 5.41) is 72.5. The number of ether oxygens (including phenoxy) is 6. The van der Waals surface area contributed by atoms with Crippen molar-refractivity contribution in [2.75, 3.05) is 26.9 Å². The first-order valence-corrected chi connectivity index (χ1v) is 13.5. The van der Waals surface area contributed by atoms with Crippen LogP contribution in [0.5, 0.6) is 11.5 Å². The average Bonchev–Trinajstić information content (AvgIpc) is 3.27. The van der Waals surface area contributed by atoms with Crippen molar-refractivity contribution in [1.29, 1.82) is 0 Å². The molecule has 0 saturated carbocycles. The second-order valence-electron chi connectivity index (χ2n) is 10.0. The molecule has 15 heteroatoms. The predicted molar refractivity (Wildman–Crippen MR) is 146 cm³/mol. The molecule has 0 unspecified atom stereocenters. The molecule has 0 bridgehead atoms. The van der Waals surface area contributed by atoms with Crippen molar-refractivity contribution in [2.24, 2.45) is 0 Å². The van der Waals surface area contributed by atoms with Gasteiger partial charge in [0.1, 0.15) is 49.8 Å². The van der Waals surface area contributed by atoms with Gasteiger partial charge in [0.25, 0.3) is 0 Å². The number of aromatic hydroxyl groups is 1. The Bertz CT molecular complexity index is 1300. The number of hydrogen-bond acceptors (Lipinski definition) is 15. The number of benzene rings is 2. The third kappa shape index (κ3) is 7.18. The van der Waals surface area contributed by atoms with Gasteiger partial charge in [-0.25, -0.2) is 9.59 Å². The molecular weight excluding hydrogens is 588 g/mol. The third-order valence-electron chi connectivity index (χ3n) is 7.12. The molecule has 0 spiro atoms. The molecule has 2 heterocycles. The van der Waals surface area contributed by atoms with E-state index in [2.05, 4.69) is 0 Å². The highest BCUT2D eigenvalue weighted by molar-refractivity contribution is 5.89. The Morgan fingerprint density at radius 3 is 2.36 bits per heavy atom. The van der Waals surface area contributed by atoms with E-state index in [4.69, 9.17) is 28.4 Å². The van der Waals surface area contributed by atoms with Crippen LogP contribution in [0.1, 0.15) is 15.9 Å². The first-order chi connectivity index (χ1) is 21.0. The fourth-order valence-electron chi connectivity index (χ4n) is 4.69. The summed E-state index contributed by atoms with van der Waals surface area (Å²) in [4.78, 5) is 24.9. The number of rotatable bonds is 11. The van der Waals surface area contributed by atoms with Crippen molar-refractivity contribution in [3.8, 4) is 11.5 Å². The van der Waals surface area contributed by atoms with E-state index in [0.29, 0.717) is 5.56 Å². The van der Waals surface area contributed by atoms with Crippen LogP contribution >= 0.6 is 0 Å². The Balaban J connectivity index is 1.45. The van der Waals surface area contributed by atoms with Crippen LogP contribution in [0.3, 0.4) is 0 Å². The van der Waals surface area contributed by atoms with Gasteiger partial charge < -0.3 is 64.2 Å². The number of carbonyl (C=O) groups is 2. The molecule has 240 valence electrons. The molecule has 4 rings (SSSR count). The Kier molecular flexibility index (Phi) is 10.9. The van der Waals surface area contributed by atoms with Crippen LogP contribution in [0.15, 0.2) is 54.6 Å². The fraction of sp³-hybridized carbons (Fsp3) is 0.448. The maximum absolute atomic E-state index is 12.6. The number of carbonyl (C=O) groups excluding carboxylic acids is 2. The van der Waals surface area contributed by atoms with Gasteiger partial charge in [0.2, 0.25) is 5.79 Å². The lowest BCUT2D eigenvalue weighted by molar-refractivity contribution is -0.383. The van der Waals surface area contributed by atoms with Crippen molar-refractivity contribution in [3.63, 3.8) is 0 Å². The van der Waals surface area contributed by atoms with Crippen LogP contribution in [0, 0.1) is 0 Å². The average molecular weight is 623 g/mol. The van der Waals surface area contributed by atoms with Crippen molar-refractivity contribution < 1.29 is 73.8 Å². The van der Waals surface area contributed by atoms with E-state index >= 15 is 0 Å². The predicted octanol–water partition coefficient (Wildman–Crippen LogP) is -1.55. The van der Waals surface area contributed by atoms with E-state index in [0.717, 1.165) is 6.08 Å². The molecule has 2 saturated heterocycles. The first kappa shape index (κ1) is 33.3. The molecule has 2 aliphatic heterocycles. The minimum absolute atomic E-state index is 0.120. The molecular formula is C29H34O15. The molecule has 15 nitrogen and oxygen atoms in total. The van der Waals surface area contributed by atoms with Crippen molar-refractivity contribution in [3.05, 3.63) is 65.7 Å². The van der Waals surface area contributed by atoms with Gasteiger partial charge in [0.05, 0.1) is 19.3 Å². The smallest absolute Gasteiger partial charge is 0.338 e. The van der Waals surface area contributed by atoms with E-state index < -0.39 is 86.6 Å². The van der Waals surface area contributed by atoms with Crippen LogP contribution in [-0.4, -0.2) is 129 Å². The third-order valence-corrected chi connectivity index (χ3v) is 7.12. The number of aliphatic hydroxyl groups is 6. The van der Waals surface area contributed by atoms with Gasteiger partial charge in [-0.2, -0.15) is 0 Å². The summed E-state index contributed by atoms with van der Waals surface area (Å²) in [5.41, 5.74) is 0.662. The number of esters is 2. The lowest BCUT2D eigenvalue weighted by Crippen LogP contribution is -2.63. The summed E-state index contributed by atoms with van der Waals surface area (Å²) in [6.45, 7) is -2.46. The molecule has 7 N–H and O–H groups in total. The molecule has 2 aromatic carbocycles. The molecule has 0 radical (unpaired) electrons. The molecule has 44 heavy (non-hydrogen) atoms. The van der Waals surface area contributed by atoms with Gasteiger partial charge in [-0.05, 0) is 35.9 Å². The topological polar surface area (TPSA) is 231 Å². The van der Waals surface area contributed by atoms with Crippen LogP contribution < -0.4 is 4.74 Å². The normalized spacial score (nSPS) is 32.0. The number of methoxy groups -OCH3 is 1. The zero-order valence-corrected chi connectivity index (χ0v) is 23.4. The first-order valence-electron chi connectivity index (χ1n) is 13.5. The van der Waals surface area contributed by atoms with Gasteiger partial charge in [0.15, 0.2) is 23.9 Å². The molecule has 9 atom stereocenters. The SMILES string of the molecule is COc1cc(/C=C/C(=O)O[C@@H]2[C@@H](O)[C@@H](O[C@]3(CO)O[C@H](COC(=O)c4ccccc4)[C@@H](O)[C@@H]3O)O[C@H](CO)[C@H]2O)ccc1O. The summed E-state index contributed by atoms with van der Waals surface area (Å²) < 4.78 is 32.0. The lowest BCUT2D eigenvalue weighted by Gasteiger charge is -2.44. The molecule has 0 amide bonds. The zero-order chi connectivity index (χ0) is 32.0. The van der Waals surface area contributed by atoms with Gasteiger partial charge >= 0.3 is 11.9 Å². The van der Waals surface area contributed by atoms with Crippen molar-refractivity contribution >= 4 is 18.0 Å². The lowest BCUT2D eigenvalue weighted by atomic mass is 9.98. The number of phenolic OH excluding ortho intramolecular Hbond substituents is 1. The number of phenols is 1. The second-order valence-corrected chi connectivity index (χ2v) is 10.0. The summed E-state index contributed by atoms with van der Waals surface area (Å²) in [5.74, 6) is -4.17. The Morgan fingerprint density at radius 1 is 0.977 bits per heavy atom. The zero-order valence-electron chi connectivity index (χ0n) is 23.4. The molecule has 2 aliphatic rings. The van der Waals surface area contributed by atoms with Gasteiger partial charge in [0, 0.05) is 6.08 Å². The number of hydrogen-bond donors (Lipinski definition) is 7. The summed E-state index contributed by atoms with van der Waals surface area (Å²) in [6, 6.07) is 12.2. The largest absolute Gasteiger partial charge is 0.504 e. The Morgan fingerprint density at radius 2 is 1.70 bits per heavy atom. The van der Waals surface area contributed by atoms with Crippen LogP contribution in [-0.2, 0) is 28.5 Å². The van der Waals surface area contributed by atoms with E-state index in [1.165, 1.54) is 43.5 Å². The maximum Gasteiger partial charge on any atom is 0.338 e. The van der Waals surface area contributed by atoms with Gasteiger partial charge in [-0.1, -0.05) is 24.3 Å². The van der Waals surface area contributed by atoms with E-state index in [1.807, 2.05) is 0 Å². The Labute approximate surface area is 251 Å². The fourth-order valence-corrected chi connectivity index (χ4v) is 4.69. The van der Waals surface area contributed by atoms with Crippen molar-refractivity contribution in [2.45, 2.75) is 54.8 Å². The second kappa shape index (κ2) is 14.4. The highest BCUT2D eigenvalue weighted by Crippen LogP contribution is 2.37. The van der Waals surface area contributed by atoms with Crippen LogP contribution in [0.4, 0.5) is 0 Å². The molecule has 2 aromatic rings. The highest BCUT2D eigenvalue weighted by Gasteiger charge is 2.59. The minimum atomic E-state index is -2.43. The summed E-state index contributed by atoms with van der Waals surface area (Å²) in [7, 11) is 1.35. The van der Waals surface area contributed by atoms with E-state index in [-0.39, 0.29) is 17.1 Å². The Hall–Kier alpha value is -3.64. The highest BCUT2D eigenvalue weighted by atomic mass is 16.8. The molecule has 0 aromatic heterocycles. The standard InChI is InChI=1S/C29H34O15/c1-39-18-11-15(7-9-17(18)32)8-10-21(33)42-25-22(34)19(12-30)41-28(24(25)36)44-29(14-31)26(37)23(35)20(43-29)13-40-27(38)16-5-3-2-4-6-16/h2-11,19-20,22-26,28,30-32,34-37H,12-14H2,1H3/b10-8+/t19-,20-,22-,23-,24-,25+,26+,28-,29+/m1/s1. The maximum atomic E-state index is 12.6. The summed E-state index contributed by atoms with van der Waals surface area (Å²) in [6.07, 6.45) is -11.6. The van der Waals surface area contributed by atoms with Gasteiger partial charge in [-0.15, -0.1) is 0 Å². The van der Waals surface area contributed by atoms with Crippen LogP contribution in [0.2, 0.25) is 0 Å². The molecule has 0 aliphatic carbocycles. The van der Waals surface area contributed by atoms with E-state index in [9.17, 15) is 45.3 Å². The number of aliphatic hydroxyl groups excluding tert-OH is 6. The summed E-state index contributed by atoms with van der Waals surface area (Å²) >= 11 is 0. The van der Waals surface area contributed by atoms with E-state index in [1.54, 1.807) is 18.2 Å². The quantitative estimate of drug-likeness (QED) is 0.111. The van der Waals surface area contributed by atoms with Gasteiger partial charge in [-0.3, -0.25) is 0 Å². The monoisotopic (exact) mass is 622 g/mol. The molecule has 2 fully saturated rings. The van der Waals surface area contributed by atoms with Crippen molar-refractivity contribution in [1.82, 2.24) is 0 Å². The minimum Gasteiger partial charge on any atom is -0.504 e. The van der Waals surface area contributed by atoms with Crippen LogP contribution in [0.25, 0.3) is 6.08 Å².